The van der Waals surface area contributed by atoms with Gasteiger partial charge in [-0.1, -0.05) is 31.2 Å². The van der Waals surface area contributed by atoms with E-state index in [1.807, 2.05) is 0 Å². The van der Waals surface area contributed by atoms with E-state index in [1.165, 1.54) is 12.8 Å². The SMILES string of the molecule is CC1CC2C=CC=CC2C1. The van der Waals surface area contributed by atoms with Crippen LogP contribution in [0.1, 0.15) is 19.8 Å². The molecule has 0 nitrogen and oxygen atoms in total. The number of fused-ring (bicyclic) bond motifs is 1. The van der Waals surface area contributed by atoms with Gasteiger partial charge in [-0.2, -0.15) is 0 Å². The molecular formula is C10H14. The molecule has 1 saturated carbocycles. The van der Waals surface area contributed by atoms with E-state index in [9.17, 15) is 0 Å². The maximum absolute atomic E-state index is 2.37. The first-order chi connectivity index (χ1) is 4.86. The molecule has 2 aliphatic carbocycles. The molecule has 0 spiro atoms. The summed E-state index contributed by atoms with van der Waals surface area (Å²) >= 11 is 0. The molecule has 0 saturated heterocycles. The summed E-state index contributed by atoms with van der Waals surface area (Å²) in [4.78, 5) is 0. The Labute approximate surface area is 62.6 Å². The minimum Gasteiger partial charge on any atom is -0.0808 e. The fourth-order valence-corrected chi connectivity index (χ4v) is 2.23. The Balaban J connectivity index is 2.14. The van der Waals surface area contributed by atoms with E-state index >= 15 is 0 Å². The lowest BCUT2D eigenvalue weighted by atomic mass is 9.92. The molecule has 0 aliphatic heterocycles. The number of hydrogen-bond donors (Lipinski definition) is 0. The molecule has 0 heteroatoms. The summed E-state index contributed by atoms with van der Waals surface area (Å²) in [5.74, 6) is 2.70. The highest BCUT2D eigenvalue weighted by molar-refractivity contribution is 5.16. The summed E-state index contributed by atoms with van der Waals surface area (Å²) < 4.78 is 0. The molecule has 0 N–H and O–H groups in total. The van der Waals surface area contributed by atoms with Gasteiger partial charge in [-0.15, -0.1) is 0 Å². The van der Waals surface area contributed by atoms with E-state index in [2.05, 4.69) is 31.2 Å². The fourth-order valence-electron chi connectivity index (χ4n) is 2.23. The lowest BCUT2D eigenvalue weighted by molar-refractivity contribution is 0.552. The first-order valence-corrected chi connectivity index (χ1v) is 4.21. The van der Waals surface area contributed by atoms with Gasteiger partial charge in [0.15, 0.2) is 0 Å². The van der Waals surface area contributed by atoms with E-state index in [0.717, 1.165) is 17.8 Å². The number of rotatable bonds is 0. The van der Waals surface area contributed by atoms with Crippen molar-refractivity contribution >= 4 is 0 Å². The summed E-state index contributed by atoms with van der Waals surface area (Å²) in [5, 5.41) is 0. The van der Waals surface area contributed by atoms with Crippen molar-refractivity contribution in [2.45, 2.75) is 19.8 Å². The van der Waals surface area contributed by atoms with Crippen molar-refractivity contribution in [2.75, 3.05) is 0 Å². The zero-order chi connectivity index (χ0) is 6.97. The molecule has 2 rings (SSSR count). The molecule has 0 bridgehead atoms. The van der Waals surface area contributed by atoms with Gasteiger partial charge < -0.3 is 0 Å². The highest BCUT2D eigenvalue weighted by atomic mass is 14.3. The number of allylic oxidation sites excluding steroid dienone is 4. The molecule has 0 aromatic carbocycles. The van der Waals surface area contributed by atoms with Crippen molar-refractivity contribution in [1.82, 2.24) is 0 Å². The third-order valence-electron chi connectivity index (χ3n) is 2.73. The van der Waals surface area contributed by atoms with Gasteiger partial charge in [0.25, 0.3) is 0 Å². The summed E-state index contributed by atoms with van der Waals surface area (Å²) in [6.45, 7) is 2.36. The highest BCUT2D eigenvalue weighted by Crippen LogP contribution is 2.39. The molecule has 1 fully saturated rings. The molecular weight excluding hydrogens is 120 g/mol. The zero-order valence-corrected chi connectivity index (χ0v) is 6.46. The van der Waals surface area contributed by atoms with E-state index in [4.69, 9.17) is 0 Å². The van der Waals surface area contributed by atoms with E-state index in [1.54, 1.807) is 0 Å². The summed E-state index contributed by atoms with van der Waals surface area (Å²) in [6.07, 6.45) is 11.9. The lowest BCUT2D eigenvalue weighted by Crippen LogP contribution is -2.03. The predicted molar refractivity (Wildman–Crippen MR) is 43.7 cm³/mol. The van der Waals surface area contributed by atoms with E-state index < -0.39 is 0 Å². The second-order valence-electron chi connectivity index (χ2n) is 3.67. The van der Waals surface area contributed by atoms with Crippen LogP contribution in [0.2, 0.25) is 0 Å². The van der Waals surface area contributed by atoms with Crippen LogP contribution in [-0.4, -0.2) is 0 Å². The summed E-state index contributed by atoms with van der Waals surface area (Å²) in [7, 11) is 0. The van der Waals surface area contributed by atoms with Crippen LogP contribution in [0.25, 0.3) is 0 Å². The largest absolute Gasteiger partial charge is 0.0808 e. The minimum absolute atomic E-state index is 0.875. The van der Waals surface area contributed by atoms with Crippen LogP contribution in [0.3, 0.4) is 0 Å². The average Bonchev–Trinajstić information content (AvgIpc) is 2.27. The third kappa shape index (κ3) is 0.920. The Bertz CT molecular complexity index is 156. The van der Waals surface area contributed by atoms with Gasteiger partial charge in [0.05, 0.1) is 0 Å². The monoisotopic (exact) mass is 134 g/mol. The Morgan fingerprint density at radius 1 is 1.00 bits per heavy atom. The van der Waals surface area contributed by atoms with Gasteiger partial charge in [-0.25, -0.2) is 0 Å². The van der Waals surface area contributed by atoms with Crippen LogP contribution in [0.15, 0.2) is 24.3 Å². The van der Waals surface area contributed by atoms with Gasteiger partial charge >= 0.3 is 0 Å². The molecule has 0 heterocycles. The maximum atomic E-state index is 2.37. The van der Waals surface area contributed by atoms with Crippen LogP contribution in [0, 0.1) is 17.8 Å². The van der Waals surface area contributed by atoms with Crippen molar-refractivity contribution in [1.29, 1.82) is 0 Å². The van der Waals surface area contributed by atoms with Crippen LogP contribution in [0.5, 0.6) is 0 Å². The summed E-state index contributed by atoms with van der Waals surface area (Å²) in [6, 6.07) is 0. The van der Waals surface area contributed by atoms with Crippen molar-refractivity contribution in [3.63, 3.8) is 0 Å². The van der Waals surface area contributed by atoms with Crippen LogP contribution < -0.4 is 0 Å². The fraction of sp³-hybridized carbons (Fsp3) is 0.600. The van der Waals surface area contributed by atoms with Crippen LogP contribution >= 0.6 is 0 Å². The molecule has 54 valence electrons. The Morgan fingerprint density at radius 3 is 2.00 bits per heavy atom. The molecule has 2 aliphatic rings. The molecule has 0 radical (unpaired) electrons. The van der Waals surface area contributed by atoms with Gasteiger partial charge in [0, 0.05) is 0 Å². The van der Waals surface area contributed by atoms with Gasteiger partial charge in [-0.3, -0.25) is 0 Å². The zero-order valence-electron chi connectivity index (χ0n) is 6.46. The normalized spacial score (nSPS) is 43.9. The first kappa shape index (κ1) is 6.21. The second kappa shape index (κ2) is 2.26. The molecule has 2 unspecified atom stereocenters. The van der Waals surface area contributed by atoms with Crippen molar-refractivity contribution in [2.24, 2.45) is 17.8 Å². The lowest BCUT2D eigenvalue weighted by Gasteiger charge is -2.13. The van der Waals surface area contributed by atoms with Crippen LogP contribution in [-0.2, 0) is 0 Å². The Morgan fingerprint density at radius 2 is 1.50 bits per heavy atom. The van der Waals surface area contributed by atoms with Crippen LogP contribution in [0.4, 0.5) is 0 Å². The number of hydrogen-bond acceptors (Lipinski definition) is 0. The standard InChI is InChI=1S/C10H14/c1-8-6-9-4-2-3-5-10(9)7-8/h2-5,8-10H,6-7H2,1H3. The van der Waals surface area contributed by atoms with Crippen molar-refractivity contribution < 1.29 is 0 Å². The highest BCUT2D eigenvalue weighted by Gasteiger charge is 2.28. The minimum atomic E-state index is 0.875. The van der Waals surface area contributed by atoms with Gasteiger partial charge in [-0.05, 0) is 30.6 Å². The molecule has 10 heavy (non-hydrogen) atoms. The maximum Gasteiger partial charge on any atom is -0.0165 e. The second-order valence-corrected chi connectivity index (χ2v) is 3.67. The van der Waals surface area contributed by atoms with E-state index in [-0.39, 0.29) is 0 Å². The first-order valence-electron chi connectivity index (χ1n) is 4.21. The third-order valence-corrected chi connectivity index (χ3v) is 2.73. The van der Waals surface area contributed by atoms with E-state index in [0.29, 0.717) is 0 Å². The van der Waals surface area contributed by atoms with Gasteiger partial charge in [0.2, 0.25) is 0 Å². The molecule has 2 atom stereocenters. The Hall–Kier alpha value is -0.520. The molecule has 0 aromatic heterocycles. The predicted octanol–water partition coefficient (Wildman–Crippen LogP) is 2.77. The molecule has 0 aromatic rings. The van der Waals surface area contributed by atoms with Gasteiger partial charge in [0.1, 0.15) is 0 Å². The average molecular weight is 134 g/mol. The van der Waals surface area contributed by atoms with Crippen molar-refractivity contribution in [3.05, 3.63) is 24.3 Å². The molecule has 0 amide bonds. The van der Waals surface area contributed by atoms with Crippen molar-refractivity contribution in [3.8, 4) is 0 Å². The smallest absolute Gasteiger partial charge is 0.0165 e. The Kier molecular flexibility index (Phi) is 1.40. The topological polar surface area (TPSA) is 0 Å². The quantitative estimate of drug-likeness (QED) is 0.478. The summed E-state index contributed by atoms with van der Waals surface area (Å²) in [5.41, 5.74) is 0.